The van der Waals surface area contributed by atoms with Crippen molar-refractivity contribution < 1.29 is 19.4 Å². The summed E-state index contributed by atoms with van der Waals surface area (Å²) in [4.78, 5) is 22.9. The number of carboxylic acids is 1. The van der Waals surface area contributed by atoms with Gasteiger partial charge in [0.1, 0.15) is 18.9 Å². The van der Waals surface area contributed by atoms with Gasteiger partial charge in [-0.05, 0) is 24.6 Å². The Kier molecular flexibility index (Phi) is 5.66. The van der Waals surface area contributed by atoms with Crippen LogP contribution < -0.4 is 10.1 Å². The van der Waals surface area contributed by atoms with E-state index >= 15 is 0 Å². The van der Waals surface area contributed by atoms with Gasteiger partial charge < -0.3 is 20.1 Å². The number of aryl methyl sites for hydroxylation is 1. The third-order valence-corrected chi connectivity index (χ3v) is 2.36. The van der Waals surface area contributed by atoms with Crippen LogP contribution in [-0.2, 0) is 4.79 Å². The molecular formula is C13H18N2O4. The van der Waals surface area contributed by atoms with Crippen LogP contribution in [-0.4, -0.2) is 48.8 Å². The maximum absolute atomic E-state index is 11.4. The summed E-state index contributed by atoms with van der Waals surface area (Å²) in [6.07, 6.45) is 0. The van der Waals surface area contributed by atoms with Crippen molar-refractivity contribution in [2.24, 2.45) is 0 Å². The Hall–Kier alpha value is -2.24. The molecule has 0 saturated carbocycles. The van der Waals surface area contributed by atoms with Gasteiger partial charge in [0.15, 0.2) is 0 Å². The van der Waals surface area contributed by atoms with E-state index in [1.54, 1.807) is 0 Å². The average Bonchev–Trinajstić information content (AvgIpc) is 2.33. The molecule has 0 aliphatic heterocycles. The highest BCUT2D eigenvalue weighted by Gasteiger charge is 2.10. The predicted octanol–water partition coefficient (Wildman–Crippen LogP) is 1.10. The van der Waals surface area contributed by atoms with E-state index in [-0.39, 0.29) is 6.54 Å². The second-order valence-corrected chi connectivity index (χ2v) is 4.15. The normalized spacial score (nSPS) is 9.79. The largest absolute Gasteiger partial charge is 0.492 e. The molecule has 0 unspecified atom stereocenters. The van der Waals surface area contributed by atoms with Crippen molar-refractivity contribution in [2.75, 3.05) is 26.7 Å². The molecule has 0 bridgehead atoms. The third-order valence-electron chi connectivity index (χ3n) is 2.36. The van der Waals surface area contributed by atoms with Crippen molar-refractivity contribution in [1.29, 1.82) is 0 Å². The summed E-state index contributed by atoms with van der Waals surface area (Å²) < 4.78 is 5.45. The lowest BCUT2D eigenvalue weighted by molar-refractivity contribution is -0.137. The molecule has 6 nitrogen and oxygen atoms in total. The molecule has 104 valence electrons. The molecule has 2 N–H and O–H groups in total. The highest BCUT2D eigenvalue weighted by Crippen LogP contribution is 2.11. The minimum atomic E-state index is -1.05. The van der Waals surface area contributed by atoms with Crippen molar-refractivity contribution in [3.05, 3.63) is 29.8 Å². The number of nitrogens with one attached hydrogen (secondary N) is 1. The quantitative estimate of drug-likeness (QED) is 0.756. The van der Waals surface area contributed by atoms with Gasteiger partial charge in [0, 0.05) is 7.05 Å². The lowest BCUT2D eigenvalue weighted by Crippen LogP contribution is -2.41. The van der Waals surface area contributed by atoms with E-state index < -0.39 is 12.0 Å². The summed E-state index contributed by atoms with van der Waals surface area (Å²) in [6, 6.07) is 7.17. The summed E-state index contributed by atoms with van der Waals surface area (Å²) in [5.74, 6) is -0.304. The number of urea groups is 1. The SMILES string of the molecule is Cc1cccc(OCCNC(=O)N(C)CC(=O)O)c1. The monoisotopic (exact) mass is 266 g/mol. The summed E-state index contributed by atoms with van der Waals surface area (Å²) in [6.45, 7) is 2.28. The van der Waals surface area contributed by atoms with E-state index in [1.165, 1.54) is 7.05 Å². The standard InChI is InChI=1S/C13H18N2O4/c1-10-4-3-5-11(8-10)19-7-6-14-13(18)15(2)9-12(16)17/h3-5,8H,6-7,9H2,1-2H3,(H,14,18)(H,16,17). The predicted molar refractivity (Wildman–Crippen MR) is 70.3 cm³/mol. The van der Waals surface area contributed by atoms with E-state index in [0.29, 0.717) is 13.2 Å². The summed E-state index contributed by atoms with van der Waals surface area (Å²) >= 11 is 0. The fourth-order valence-electron chi connectivity index (χ4n) is 1.44. The zero-order valence-electron chi connectivity index (χ0n) is 11.0. The van der Waals surface area contributed by atoms with E-state index in [4.69, 9.17) is 9.84 Å². The Labute approximate surface area is 112 Å². The van der Waals surface area contributed by atoms with Crippen molar-refractivity contribution in [1.82, 2.24) is 10.2 Å². The first-order valence-corrected chi connectivity index (χ1v) is 5.89. The molecule has 1 aromatic carbocycles. The van der Waals surface area contributed by atoms with Gasteiger partial charge in [-0.15, -0.1) is 0 Å². The molecular weight excluding hydrogens is 248 g/mol. The number of ether oxygens (including phenoxy) is 1. The number of benzene rings is 1. The van der Waals surface area contributed by atoms with Gasteiger partial charge in [0.25, 0.3) is 0 Å². The maximum atomic E-state index is 11.4. The molecule has 0 spiro atoms. The number of amides is 2. The van der Waals surface area contributed by atoms with Gasteiger partial charge in [-0.3, -0.25) is 4.79 Å². The molecule has 0 aliphatic rings. The van der Waals surface area contributed by atoms with Gasteiger partial charge in [0.05, 0.1) is 6.54 Å². The number of likely N-dealkylation sites (N-methyl/N-ethyl adjacent to an activating group) is 1. The van der Waals surface area contributed by atoms with Crippen molar-refractivity contribution in [3.63, 3.8) is 0 Å². The summed E-state index contributed by atoms with van der Waals surface area (Å²) in [5.41, 5.74) is 1.10. The number of hydrogen-bond donors (Lipinski definition) is 2. The maximum Gasteiger partial charge on any atom is 0.323 e. The van der Waals surface area contributed by atoms with Crippen LogP contribution >= 0.6 is 0 Å². The van der Waals surface area contributed by atoms with Crippen LogP contribution in [0.3, 0.4) is 0 Å². The van der Waals surface area contributed by atoms with E-state index in [0.717, 1.165) is 16.2 Å². The van der Waals surface area contributed by atoms with E-state index in [9.17, 15) is 9.59 Å². The number of hydrogen-bond acceptors (Lipinski definition) is 3. The van der Waals surface area contributed by atoms with Gasteiger partial charge in [-0.1, -0.05) is 12.1 Å². The smallest absolute Gasteiger partial charge is 0.323 e. The topological polar surface area (TPSA) is 78.9 Å². The van der Waals surface area contributed by atoms with Gasteiger partial charge in [-0.25, -0.2) is 4.79 Å². The molecule has 2 amide bonds. The highest BCUT2D eigenvalue weighted by atomic mass is 16.5. The molecule has 0 heterocycles. The van der Waals surface area contributed by atoms with Crippen molar-refractivity contribution in [2.45, 2.75) is 6.92 Å². The zero-order chi connectivity index (χ0) is 14.3. The molecule has 19 heavy (non-hydrogen) atoms. The lowest BCUT2D eigenvalue weighted by atomic mass is 10.2. The van der Waals surface area contributed by atoms with Crippen LogP contribution in [0.25, 0.3) is 0 Å². The molecule has 1 rings (SSSR count). The third kappa shape index (κ3) is 5.76. The Morgan fingerprint density at radius 2 is 2.16 bits per heavy atom. The Balaban J connectivity index is 2.23. The first-order chi connectivity index (χ1) is 8.99. The molecule has 0 aliphatic carbocycles. The van der Waals surface area contributed by atoms with E-state index in [2.05, 4.69) is 5.32 Å². The lowest BCUT2D eigenvalue weighted by Gasteiger charge is -2.15. The van der Waals surface area contributed by atoms with Crippen LogP contribution in [0.1, 0.15) is 5.56 Å². The molecule has 1 aromatic rings. The minimum Gasteiger partial charge on any atom is -0.492 e. The molecule has 0 aromatic heterocycles. The van der Waals surface area contributed by atoms with Crippen LogP contribution in [0.4, 0.5) is 4.79 Å². The Morgan fingerprint density at radius 1 is 1.42 bits per heavy atom. The summed E-state index contributed by atoms with van der Waals surface area (Å²) in [7, 11) is 1.42. The number of carbonyl (C=O) groups is 2. The zero-order valence-corrected chi connectivity index (χ0v) is 11.0. The first kappa shape index (κ1) is 14.8. The van der Waals surface area contributed by atoms with Crippen LogP contribution in [0, 0.1) is 6.92 Å². The van der Waals surface area contributed by atoms with Gasteiger partial charge in [0.2, 0.25) is 0 Å². The van der Waals surface area contributed by atoms with Gasteiger partial charge >= 0.3 is 12.0 Å². The number of aliphatic carboxylic acids is 1. The fraction of sp³-hybridized carbons (Fsp3) is 0.385. The fourth-order valence-corrected chi connectivity index (χ4v) is 1.44. The number of nitrogens with zero attached hydrogens (tertiary/aromatic N) is 1. The van der Waals surface area contributed by atoms with Crippen molar-refractivity contribution >= 4 is 12.0 Å². The molecule has 0 fully saturated rings. The number of rotatable bonds is 6. The highest BCUT2D eigenvalue weighted by molar-refractivity contribution is 5.79. The van der Waals surface area contributed by atoms with Crippen LogP contribution in [0.2, 0.25) is 0 Å². The number of carbonyl (C=O) groups excluding carboxylic acids is 1. The molecule has 6 heteroatoms. The molecule has 0 radical (unpaired) electrons. The Bertz CT molecular complexity index is 448. The van der Waals surface area contributed by atoms with E-state index in [1.807, 2.05) is 31.2 Å². The molecule has 0 saturated heterocycles. The average molecular weight is 266 g/mol. The molecule has 0 atom stereocenters. The van der Waals surface area contributed by atoms with Gasteiger partial charge in [-0.2, -0.15) is 0 Å². The Morgan fingerprint density at radius 3 is 2.79 bits per heavy atom. The van der Waals surface area contributed by atoms with Crippen molar-refractivity contribution in [3.8, 4) is 5.75 Å². The second kappa shape index (κ2) is 7.25. The first-order valence-electron chi connectivity index (χ1n) is 5.89. The minimum absolute atomic E-state index is 0.316. The second-order valence-electron chi connectivity index (χ2n) is 4.15. The van der Waals surface area contributed by atoms with Crippen LogP contribution in [0.5, 0.6) is 5.75 Å². The summed E-state index contributed by atoms with van der Waals surface area (Å²) in [5, 5.41) is 11.1. The van der Waals surface area contributed by atoms with Crippen LogP contribution in [0.15, 0.2) is 24.3 Å². The number of carboxylic acid groups (broad SMARTS) is 1.